The second-order valence-corrected chi connectivity index (χ2v) is 5.71. The van der Waals surface area contributed by atoms with Crippen molar-refractivity contribution >= 4 is 22.4 Å². The summed E-state index contributed by atoms with van der Waals surface area (Å²) in [7, 11) is 1.64. The van der Waals surface area contributed by atoms with Gasteiger partial charge in [0.25, 0.3) is 0 Å². The van der Waals surface area contributed by atoms with Crippen molar-refractivity contribution in [3.63, 3.8) is 0 Å². The molecule has 6 heteroatoms. The highest BCUT2D eigenvalue weighted by Crippen LogP contribution is 2.28. The second-order valence-electron chi connectivity index (χ2n) is 4.87. The first-order valence-corrected chi connectivity index (χ1v) is 8.08. The Labute approximate surface area is 134 Å². The molecule has 1 aromatic heterocycles. The lowest BCUT2D eigenvalue weighted by molar-refractivity contribution is -0.136. The van der Waals surface area contributed by atoms with Crippen molar-refractivity contribution in [2.75, 3.05) is 25.1 Å². The number of ether oxygens (including phenoxy) is 1. The lowest BCUT2D eigenvalue weighted by Crippen LogP contribution is -2.26. The Bertz CT molecular complexity index is 610. The van der Waals surface area contributed by atoms with Gasteiger partial charge in [0.05, 0.1) is 19.2 Å². The maximum atomic E-state index is 10.8. The molecule has 1 aromatic carbocycles. The van der Waals surface area contributed by atoms with E-state index in [1.807, 2.05) is 34.5 Å². The Kier molecular flexibility index (Phi) is 5.77. The molecule has 0 atom stereocenters. The molecular weight excluding hydrogens is 300 g/mol. The van der Waals surface area contributed by atoms with Crippen molar-refractivity contribution in [1.29, 1.82) is 0 Å². The Morgan fingerprint density at radius 1 is 1.32 bits per heavy atom. The van der Waals surface area contributed by atoms with Crippen LogP contribution in [0.2, 0.25) is 0 Å². The average molecular weight is 320 g/mol. The molecular formula is C16H20N2O3S. The van der Waals surface area contributed by atoms with Gasteiger partial charge in [0.15, 0.2) is 5.13 Å². The summed E-state index contributed by atoms with van der Waals surface area (Å²) in [6.45, 7) is 3.37. The van der Waals surface area contributed by atoms with Gasteiger partial charge in [-0.05, 0) is 30.7 Å². The monoisotopic (exact) mass is 320 g/mol. The maximum absolute atomic E-state index is 10.8. The Balaban J connectivity index is 2.14. The molecule has 0 saturated carbocycles. The van der Waals surface area contributed by atoms with Gasteiger partial charge in [-0.15, -0.1) is 11.3 Å². The van der Waals surface area contributed by atoms with E-state index in [0.29, 0.717) is 6.54 Å². The molecule has 0 aliphatic rings. The van der Waals surface area contributed by atoms with Crippen LogP contribution in [0, 0.1) is 0 Å². The average Bonchev–Trinajstić information content (AvgIpc) is 3.01. The van der Waals surface area contributed by atoms with Gasteiger partial charge in [-0.2, -0.15) is 0 Å². The van der Waals surface area contributed by atoms with Gasteiger partial charge >= 0.3 is 5.97 Å². The number of rotatable bonds is 8. The summed E-state index contributed by atoms with van der Waals surface area (Å²) in [5, 5.41) is 11.7. The molecule has 0 unspecified atom stereocenters. The first-order chi connectivity index (χ1) is 10.6. The molecule has 2 rings (SSSR count). The SMILES string of the molecule is CCCN(CCC(=O)O)c1nc(-c2ccc(OC)cc2)cs1. The van der Waals surface area contributed by atoms with E-state index in [4.69, 9.17) is 9.84 Å². The number of thiazole rings is 1. The molecule has 0 spiro atoms. The maximum Gasteiger partial charge on any atom is 0.305 e. The summed E-state index contributed by atoms with van der Waals surface area (Å²) in [5.41, 5.74) is 1.93. The fraction of sp³-hybridized carbons (Fsp3) is 0.375. The zero-order valence-electron chi connectivity index (χ0n) is 12.8. The number of hydrogen-bond acceptors (Lipinski definition) is 5. The fourth-order valence-electron chi connectivity index (χ4n) is 2.11. The van der Waals surface area contributed by atoms with Gasteiger partial charge in [-0.1, -0.05) is 6.92 Å². The third kappa shape index (κ3) is 4.21. The summed E-state index contributed by atoms with van der Waals surface area (Å²) in [4.78, 5) is 17.4. The lowest BCUT2D eigenvalue weighted by atomic mass is 10.2. The number of methoxy groups -OCH3 is 1. The first kappa shape index (κ1) is 16.3. The van der Waals surface area contributed by atoms with Crippen LogP contribution in [-0.4, -0.2) is 36.3 Å². The smallest absolute Gasteiger partial charge is 0.305 e. The molecule has 0 amide bonds. The van der Waals surface area contributed by atoms with E-state index in [9.17, 15) is 4.79 Å². The van der Waals surface area contributed by atoms with Gasteiger partial charge in [0.2, 0.25) is 0 Å². The van der Waals surface area contributed by atoms with E-state index in [-0.39, 0.29) is 6.42 Å². The summed E-state index contributed by atoms with van der Waals surface area (Å²) >= 11 is 1.54. The van der Waals surface area contributed by atoms with Crippen molar-refractivity contribution in [3.05, 3.63) is 29.6 Å². The van der Waals surface area contributed by atoms with Gasteiger partial charge in [0, 0.05) is 24.0 Å². The molecule has 0 aliphatic carbocycles. The number of aromatic nitrogens is 1. The quantitative estimate of drug-likeness (QED) is 0.806. The molecule has 2 aromatic rings. The zero-order valence-corrected chi connectivity index (χ0v) is 13.6. The van der Waals surface area contributed by atoms with E-state index in [2.05, 4.69) is 11.9 Å². The number of anilines is 1. The van der Waals surface area contributed by atoms with E-state index in [1.165, 1.54) is 0 Å². The molecule has 0 radical (unpaired) electrons. The van der Waals surface area contributed by atoms with E-state index in [1.54, 1.807) is 18.4 Å². The summed E-state index contributed by atoms with van der Waals surface area (Å²) in [6.07, 6.45) is 1.08. The Morgan fingerprint density at radius 2 is 2.05 bits per heavy atom. The molecule has 1 heterocycles. The molecule has 118 valence electrons. The number of nitrogens with zero attached hydrogens (tertiary/aromatic N) is 2. The van der Waals surface area contributed by atoms with Crippen molar-refractivity contribution < 1.29 is 14.6 Å². The van der Waals surface area contributed by atoms with E-state index < -0.39 is 5.97 Å². The van der Waals surface area contributed by atoms with Crippen molar-refractivity contribution in [2.45, 2.75) is 19.8 Å². The van der Waals surface area contributed by atoms with Crippen LogP contribution in [0.4, 0.5) is 5.13 Å². The van der Waals surface area contributed by atoms with Crippen LogP contribution in [0.1, 0.15) is 19.8 Å². The summed E-state index contributed by atoms with van der Waals surface area (Å²) in [6, 6.07) is 7.75. The van der Waals surface area contributed by atoms with Gasteiger partial charge in [0.1, 0.15) is 5.75 Å². The number of aliphatic carboxylic acids is 1. The molecule has 1 N–H and O–H groups in total. The Morgan fingerprint density at radius 3 is 2.64 bits per heavy atom. The van der Waals surface area contributed by atoms with Crippen molar-refractivity contribution in [1.82, 2.24) is 4.98 Å². The van der Waals surface area contributed by atoms with Crippen LogP contribution in [0.25, 0.3) is 11.3 Å². The third-order valence-electron chi connectivity index (χ3n) is 3.24. The minimum atomic E-state index is -0.784. The van der Waals surface area contributed by atoms with Crippen LogP contribution in [0.5, 0.6) is 5.75 Å². The largest absolute Gasteiger partial charge is 0.497 e. The first-order valence-electron chi connectivity index (χ1n) is 7.20. The molecule has 0 saturated heterocycles. The normalized spacial score (nSPS) is 10.5. The van der Waals surface area contributed by atoms with Gasteiger partial charge in [-0.25, -0.2) is 4.98 Å². The van der Waals surface area contributed by atoms with Gasteiger partial charge < -0.3 is 14.7 Å². The van der Waals surface area contributed by atoms with Crippen LogP contribution in [0.3, 0.4) is 0 Å². The van der Waals surface area contributed by atoms with Crippen LogP contribution < -0.4 is 9.64 Å². The highest BCUT2D eigenvalue weighted by molar-refractivity contribution is 7.14. The van der Waals surface area contributed by atoms with Crippen molar-refractivity contribution in [2.24, 2.45) is 0 Å². The summed E-state index contributed by atoms with van der Waals surface area (Å²) in [5.74, 6) is 0.0290. The topological polar surface area (TPSA) is 62.7 Å². The number of hydrogen-bond donors (Lipinski definition) is 1. The number of benzene rings is 1. The zero-order chi connectivity index (χ0) is 15.9. The number of carboxylic acids is 1. The molecule has 0 aliphatic heterocycles. The molecule has 22 heavy (non-hydrogen) atoms. The predicted molar refractivity (Wildman–Crippen MR) is 88.9 cm³/mol. The molecule has 0 fully saturated rings. The van der Waals surface area contributed by atoms with Gasteiger partial charge in [-0.3, -0.25) is 4.79 Å². The molecule has 5 nitrogen and oxygen atoms in total. The fourth-order valence-corrected chi connectivity index (χ4v) is 3.00. The second kappa shape index (κ2) is 7.79. The Hall–Kier alpha value is -2.08. The highest BCUT2D eigenvalue weighted by Gasteiger charge is 2.13. The van der Waals surface area contributed by atoms with Crippen molar-refractivity contribution in [3.8, 4) is 17.0 Å². The van der Waals surface area contributed by atoms with Crippen LogP contribution in [-0.2, 0) is 4.79 Å². The lowest BCUT2D eigenvalue weighted by Gasteiger charge is -2.19. The summed E-state index contributed by atoms with van der Waals surface area (Å²) < 4.78 is 5.15. The van der Waals surface area contributed by atoms with E-state index >= 15 is 0 Å². The minimum Gasteiger partial charge on any atom is -0.497 e. The van der Waals surface area contributed by atoms with Crippen LogP contribution in [0.15, 0.2) is 29.6 Å². The standard InChI is InChI=1S/C16H20N2O3S/c1-3-9-18(10-8-15(19)20)16-17-14(11-22-16)12-4-6-13(21-2)7-5-12/h4-7,11H,3,8-10H2,1-2H3,(H,19,20). The molecule has 0 bridgehead atoms. The predicted octanol–water partition coefficient (Wildman–Crippen LogP) is 3.51. The number of carboxylic acid groups (broad SMARTS) is 1. The minimum absolute atomic E-state index is 0.122. The highest BCUT2D eigenvalue weighted by atomic mass is 32.1. The van der Waals surface area contributed by atoms with Crippen LogP contribution >= 0.6 is 11.3 Å². The van der Waals surface area contributed by atoms with E-state index in [0.717, 1.165) is 35.1 Å². The number of carbonyl (C=O) groups is 1. The third-order valence-corrected chi connectivity index (χ3v) is 4.14.